The van der Waals surface area contributed by atoms with Gasteiger partial charge in [-0.05, 0) is 17.8 Å². The lowest BCUT2D eigenvalue weighted by molar-refractivity contribution is -0.141. The topological polar surface area (TPSA) is 26.3 Å². The molecule has 0 radical (unpaired) electrons. The minimum Gasteiger partial charge on any atom is -0.469 e. The van der Waals surface area contributed by atoms with Gasteiger partial charge in [-0.2, -0.15) is 0 Å². The molecule has 0 fully saturated rings. The van der Waals surface area contributed by atoms with E-state index in [1.54, 1.807) is 0 Å². The Kier molecular flexibility index (Phi) is 4.29. The maximum atomic E-state index is 10.9. The molecule has 0 rings (SSSR count). The molecule has 12 heavy (non-hydrogen) atoms. The molecule has 0 amide bonds. The van der Waals surface area contributed by atoms with Gasteiger partial charge >= 0.3 is 5.97 Å². The first-order valence-electron chi connectivity index (χ1n) is 4.42. The highest BCUT2D eigenvalue weighted by molar-refractivity contribution is 5.69. The Hall–Kier alpha value is -0.530. The lowest BCUT2D eigenvalue weighted by Crippen LogP contribution is -2.14. The molecule has 0 heterocycles. The normalized spacial score (nSPS) is 14.1. The summed E-state index contributed by atoms with van der Waals surface area (Å²) in [6.07, 6.45) is 1.59. The van der Waals surface area contributed by atoms with Gasteiger partial charge in [0, 0.05) is 6.42 Å². The maximum Gasteiger partial charge on any atom is 0.305 e. The number of hydrogen-bond acceptors (Lipinski definition) is 2. The van der Waals surface area contributed by atoms with Gasteiger partial charge in [-0.25, -0.2) is 0 Å². The van der Waals surface area contributed by atoms with E-state index in [4.69, 9.17) is 0 Å². The van der Waals surface area contributed by atoms with E-state index in [-0.39, 0.29) is 5.97 Å². The number of hydrogen-bond donors (Lipinski definition) is 0. The Morgan fingerprint density at radius 2 is 1.92 bits per heavy atom. The second-order valence-electron chi connectivity index (χ2n) is 4.65. The first-order valence-corrected chi connectivity index (χ1v) is 4.42. The zero-order chi connectivity index (χ0) is 9.78. The fourth-order valence-electron chi connectivity index (χ4n) is 1.49. The van der Waals surface area contributed by atoms with Gasteiger partial charge in [0.25, 0.3) is 0 Å². The average molecular weight is 172 g/mol. The van der Waals surface area contributed by atoms with Crippen LogP contribution in [0.15, 0.2) is 0 Å². The summed E-state index contributed by atoms with van der Waals surface area (Å²) in [6, 6.07) is 0. The summed E-state index contributed by atoms with van der Waals surface area (Å²) >= 11 is 0. The summed E-state index contributed by atoms with van der Waals surface area (Å²) in [4.78, 5) is 10.9. The van der Waals surface area contributed by atoms with Gasteiger partial charge in [0.15, 0.2) is 0 Å². The summed E-state index contributed by atoms with van der Waals surface area (Å²) in [7, 11) is 1.44. The minimum atomic E-state index is -0.105. The van der Waals surface area contributed by atoms with Gasteiger partial charge in [-0.1, -0.05) is 27.7 Å². The van der Waals surface area contributed by atoms with Crippen molar-refractivity contribution >= 4 is 5.97 Å². The second-order valence-corrected chi connectivity index (χ2v) is 4.65. The maximum absolute atomic E-state index is 10.9. The third-order valence-corrected chi connectivity index (χ3v) is 1.70. The fourth-order valence-corrected chi connectivity index (χ4v) is 1.49. The van der Waals surface area contributed by atoms with Crippen LogP contribution < -0.4 is 0 Å². The Morgan fingerprint density at radius 3 is 2.25 bits per heavy atom. The van der Waals surface area contributed by atoms with E-state index in [0.29, 0.717) is 17.8 Å². The SMILES string of the molecule is COC(=O)CC(C)CC(C)(C)C. The Bertz CT molecular complexity index is 144. The van der Waals surface area contributed by atoms with Crippen molar-refractivity contribution in [3.8, 4) is 0 Å². The first kappa shape index (κ1) is 11.5. The molecule has 2 heteroatoms. The lowest BCUT2D eigenvalue weighted by atomic mass is 9.84. The van der Waals surface area contributed by atoms with Crippen molar-refractivity contribution in [3.05, 3.63) is 0 Å². The van der Waals surface area contributed by atoms with Gasteiger partial charge in [0.1, 0.15) is 0 Å². The predicted octanol–water partition coefficient (Wildman–Crippen LogP) is 2.62. The van der Waals surface area contributed by atoms with Crippen LogP contribution in [0.5, 0.6) is 0 Å². The van der Waals surface area contributed by atoms with Crippen LogP contribution in [0.2, 0.25) is 0 Å². The van der Waals surface area contributed by atoms with Gasteiger partial charge < -0.3 is 4.74 Å². The third-order valence-electron chi connectivity index (χ3n) is 1.70. The quantitative estimate of drug-likeness (QED) is 0.612. The van der Waals surface area contributed by atoms with Crippen LogP contribution >= 0.6 is 0 Å². The molecule has 0 aliphatic carbocycles. The molecule has 0 aromatic carbocycles. The van der Waals surface area contributed by atoms with Crippen LogP contribution in [0.25, 0.3) is 0 Å². The molecule has 2 nitrogen and oxygen atoms in total. The van der Waals surface area contributed by atoms with Gasteiger partial charge in [-0.3, -0.25) is 4.79 Å². The van der Waals surface area contributed by atoms with Crippen molar-refractivity contribution in [2.75, 3.05) is 7.11 Å². The lowest BCUT2D eigenvalue weighted by Gasteiger charge is -2.22. The van der Waals surface area contributed by atoms with Gasteiger partial charge in [0.05, 0.1) is 7.11 Å². The molecule has 0 aliphatic heterocycles. The number of ether oxygens (including phenoxy) is 1. The number of esters is 1. The van der Waals surface area contributed by atoms with E-state index >= 15 is 0 Å². The van der Waals surface area contributed by atoms with E-state index in [9.17, 15) is 4.79 Å². The van der Waals surface area contributed by atoms with Crippen molar-refractivity contribution in [2.24, 2.45) is 11.3 Å². The smallest absolute Gasteiger partial charge is 0.305 e. The average Bonchev–Trinajstić information content (AvgIpc) is 1.82. The highest BCUT2D eigenvalue weighted by Crippen LogP contribution is 2.25. The summed E-state index contributed by atoms with van der Waals surface area (Å²) < 4.78 is 4.60. The Morgan fingerprint density at radius 1 is 1.42 bits per heavy atom. The van der Waals surface area contributed by atoms with Crippen LogP contribution in [-0.2, 0) is 9.53 Å². The molecule has 0 saturated heterocycles. The number of carbonyl (C=O) groups excluding carboxylic acids is 1. The van der Waals surface area contributed by atoms with Gasteiger partial charge in [0.2, 0.25) is 0 Å². The van der Waals surface area contributed by atoms with Crippen LogP contribution in [0.4, 0.5) is 0 Å². The van der Waals surface area contributed by atoms with Gasteiger partial charge in [-0.15, -0.1) is 0 Å². The largest absolute Gasteiger partial charge is 0.469 e. The van der Waals surface area contributed by atoms with E-state index in [0.717, 1.165) is 6.42 Å². The summed E-state index contributed by atoms with van der Waals surface area (Å²) in [5, 5.41) is 0. The van der Waals surface area contributed by atoms with E-state index in [1.807, 2.05) is 0 Å². The van der Waals surface area contributed by atoms with Crippen molar-refractivity contribution in [3.63, 3.8) is 0 Å². The molecule has 0 spiro atoms. The van der Waals surface area contributed by atoms with Crippen molar-refractivity contribution < 1.29 is 9.53 Å². The first-order chi connectivity index (χ1) is 5.35. The molecule has 1 unspecified atom stereocenters. The minimum absolute atomic E-state index is 0.105. The molecule has 0 aromatic heterocycles. The van der Waals surface area contributed by atoms with E-state index < -0.39 is 0 Å². The molecular weight excluding hydrogens is 152 g/mol. The molecule has 0 aliphatic rings. The van der Waals surface area contributed by atoms with Crippen molar-refractivity contribution in [1.82, 2.24) is 0 Å². The molecule has 0 saturated carbocycles. The molecule has 0 N–H and O–H groups in total. The molecule has 0 aromatic rings. The highest BCUT2D eigenvalue weighted by atomic mass is 16.5. The monoisotopic (exact) mass is 172 g/mol. The second kappa shape index (κ2) is 4.48. The summed E-state index contributed by atoms with van der Waals surface area (Å²) in [5.74, 6) is 0.309. The Balaban J connectivity index is 3.74. The zero-order valence-corrected chi connectivity index (χ0v) is 8.81. The summed E-state index contributed by atoms with van der Waals surface area (Å²) in [5.41, 5.74) is 0.299. The third kappa shape index (κ3) is 6.20. The molecular formula is C10H20O2. The van der Waals surface area contributed by atoms with Crippen molar-refractivity contribution in [1.29, 1.82) is 0 Å². The van der Waals surface area contributed by atoms with Crippen molar-refractivity contribution in [2.45, 2.75) is 40.5 Å². The molecule has 0 bridgehead atoms. The Labute approximate surface area is 75.3 Å². The number of rotatable bonds is 3. The molecule has 1 atom stereocenters. The van der Waals surface area contributed by atoms with Crippen LogP contribution in [0.1, 0.15) is 40.5 Å². The fraction of sp³-hybridized carbons (Fsp3) is 0.900. The van der Waals surface area contributed by atoms with E-state index in [1.165, 1.54) is 7.11 Å². The van der Waals surface area contributed by atoms with Crippen LogP contribution in [-0.4, -0.2) is 13.1 Å². The number of carbonyl (C=O) groups is 1. The van der Waals surface area contributed by atoms with Crippen LogP contribution in [0, 0.1) is 11.3 Å². The van der Waals surface area contributed by atoms with E-state index in [2.05, 4.69) is 32.4 Å². The van der Waals surface area contributed by atoms with Crippen LogP contribution in [0.3, 0.4) is 0 Å². The zero-order valence-electron chi connectivity index (χ0n) is 8.81. The predicted molar refractivity (Wildman–Crippen MR) is 49.9 cm³/mol. The highest BCUT2D eigenvalue weighted by Gasteiger charge is 2.17. The number of methoxy groups -OCH3 is 1. The molecule has 72 valence electrons. The summed E-state index contributed by atoms with van der Waals surface area (Å²) in [6.45, 7) is 8.63. The standard InChI is InChI=1S/C10H20O2/c1-8(6-9(11)12-5)7-10(2,3)4/h8H,6-7H2,1-5H3.